The second-order valence-corrected chi connectivity index (χ2v) is 5.79. The molecule has 3 aliphatic rings. The molecule has 2 fully saturated rings. The molecule has 4 heteroatoms. The second kappa shape index (κ2) is 3.48. The van der Waals surface area contributed by atoms with Crippen molar-refractivity contribution in [2.75, 3.05) is 12.3 Å². The number of aromatic nitrogens is 2. The number of fused-ring (bicyclic) bond motifs is 1. The zero-order valence-electron chi connectivity index (χ0n) is 10.2. The van der Waals surface area contributed by atoms with Gasteiger partial charge in [-0.25, -0.2) is 4.68 Å². The van der Waals surface area contributed by atoms with E-state index in [1.807, 2.05) is 0 Å². The third-order valence-corrected chi connectivity index (χ3v) is 4.62. The summed E-state index contributed by atoms with van der Waals surface area (Å²) < 4.78 is 2.12. The number of nitrogens with two attached hydrogens (primary N) is 1. The van der Waals surface area contributed by atoms with Crippen LogP contribution in [-0.4, -0.2) is 27.3 Å². The first-order valence-corrected chi connectivity index (χ1v) is 6.92. The SMILES string of the molecule is Nc1c2c(nn1C1CCC1)CN(C1CC1)CC2. The minimum absolute atomic E-state index is 0.593. The summed E-state index contributed by atoms with van der Waals surface area (Å²) in [5.74, 6) is 0.958. The predicted molar refractivity (Wildman–Crippen MR) is 66.7 cm³/mol. The van der Waals surface area contributed by atoms with Crippen LogP contribution >= 0.6 is 0 Å². The van der Waals surface area contributed by atoms with Crippen LogP contribution in [0.15, 0.2) is 0 Å². The van der Waals surface area contributed by atoms with Crippen molar-refractivity contribution < 1.29 is 0 Å². The van der Waals surface area contributed by atoms with Crippen molar-refractivity contribution in [1.29, 1.82) is 0 Å². The number of rotatable bonds is 2. The number of hydrogen-bond donors (Lipinski definition) is 1. The van der Waals surface area contributed by atoms with Gasteiger partial charge in [-0.05, 0) is 38.5 Å². The van der Waals surface area contributed by atoms with Gasteiger partial charge in [0.25, 0.3) is 0 Å². The lowest BCUT2D eigenvalue weighted by molar-refractivity contribution is 0.238. The summed E-state index contributed by atoms with van der Waals surface area (Å²) in [4.78, 5) is 2.58. The first-order chi connectivity index (χ1) is 8.33. The fourth-order valence-corrected chi connectivity index (χ4v) is 3.12. The minimum Gasteiger partial charge on any atom is -0.384 e. The van der Waals surface area contributed by atoms with E-state index in [-0.39, 0.29) is 0 Å². The zero-order chi connectivity index (χ0) is 11.4. The average Bonchev–Trinajstić information content (AvgIpc) is 3.05. The maximum Gasteiger partial charge on any atom is 0.125 e. The van der Waals surface area contributed by atoms with Crippen molar-refractivity contribution >= 4 is 5.82 Å². The molecule has 2 N–H and O–H groups in total. The lowest BCUT2D eigenvalue weighted by Gasteiger charge is -2.26. The Kier molecular flexibility index (Phi) is 2.04. The van der Waals surface area contributed by atoms with Crippen molar-refractivity contribution in [3.05, 3.63) is 11.3 Å². The number of nitrogen functional groups attached to an aromatic ring is 1. The monoisotopic (exact) mass is 232 g/mol. The molecular formula is C13H20N4. The molecule has 0 unspecified atom stereocenters. The molecular weight excluding hydrogens is 212 g/mol. The molecule has 92 valence electrons. The fourth-order valence-electron chi connectivity index (χ4n) is 3.12. The molecule has 2 aliphatic carbocycles. The van der Waals surface area contributed by atoms with Gasteiger partial charge >= 0.3 is 0 Å². The Balaban J connectivity index is 1.63. The molecule has 2 heterocycles. The molecule has 1 aliphatic heterocycles. The largest absolute Gasteiger partial charge is 0.384 e. The molecule has 17 heavy (non-hydrogen) atoms. The highest BCUT2D eigenvalue weighted by atomic mass is 15.4. The van der Waals surface area contributed by atoms with Gasteiger partial charge in [0.1, 0.15) is 5.82 Å². The Morgan fingerprint density at radius 2 is 1.94 bits per heavy atom. The van der Waals surface area contributed by atoms with Gasteiger partial charge in [0.15, 0.2) is 0 Å². The Morgan fingerprint density at radius 3 is 2.59 bits per heavy atom. The third-order valence-electron chi connectivity index (χ3n) is 4.62. The Morgan fingerprint density at radius 1 is 1.12 bits per heavy atom. The lowest BCUT2D eigenvalue weighted by atomic mass is 9.93. The number of anilines is 1. The molecule has 4 nitrogen and oxygen atoms in total. The summed E-state index contributed by atoms with van der Waals surface area (Å²) in [7, 11) is 0. The number of hydrogen-bond acceptors (Lipinski definition) is 3. The second-order valence-electron chi connectivity index (χ2n) is 5.79. The highest BCUT2D eigenvalue weighted by molar-refractivity contribution is 5.45. The van der Waals surface area contributed by atoms with Crippen LogP contribution in [0.1, 0.15) is 49.4 Å². The highest BCUT2D eigenvalue weighted by Crippen LogP contribution is 2.37. The van der Waals surface area contributed by atoms with Gasteiger partial charge in [0.2, 0.25) is 0 Å². The minimum atomic E-state index is 0.593. The number of nitrogens with zero attached hydrogens (tertiary/aromatic N) is 3. The topological polar surface area (TPSA) is 47.1 Å². The Hall–Kier alpha value is -1.03. The Bertz CT molecular complexity index is 443. The molecule has 0 spiro atoms. The maximum absolute atomic E-state index is 6.25. The molecule has 0 saturated heterocycles. The van der Waals surface area contributed by atoms with E-state index >= 15 is 0 Å². The molecule has 2 saturated carbocycles. The summed E-state index contributed by atoms with van der Waals surface area (Å²) >= 11 is 0. The molecule has 0 atom stereocenters. The smallest absolute Gasteiger partial charge is 0.125 e. The van der Waals surface area contributed by atoms with E-state index < -0.39 is 0 Å². The third kappa shape index (κ3) is 1.50. The molecule has 0 aromatic carbocycles. The van der Waals surface area contributed by atoms with Crippen molar-refractivity contribution in [1.82, 2.24) is 14.7 Å². The summed E-state index contributed by atoms with van der Waals surface area (Å²) in [6.07, 6.45) is 7.73. The molecule has 0 bridgehead atoms. The van der Waals surface area contributed by atoms with Crippen LogP contribution in [0.25, 0.3) is 0 Å². The molecule has 0 amide bonds. The van der Waals surface area contributed by atoms with Crippen LogP contribution in [0.2, 0.25) is 0 Å². The van der Waals surface area contributed by atoms with Crippen LogP contribution in [0.4, 0.5) is 5.82 Å². The van der Waals surface area contributed by atoms with Gasteiger partial charge in [-0.1, -0.05) is 0 Å². The van der Waals surface area contributed by atoms with Gasteiger partial charge in [0, 0.05) is 24.7 Å². The van der Waals surface area contributed by atoms with E-state index in [1.54, 1.807) is 0 Å². The quantitative estimate of drug-likeness (QED) is 0.844. The van der Waals surface area contributed by atoms with Gasteiger partial charge in [0.05, 0.1) is 11.7 Å². The lowest BCUT2D eigenvalue weighted by Crippen LogP contribution is -2.32. The first-order valence-electron chi connectivity index (χ1n) is 6.92. The van der Waals surface area contributed by atoms with E-state index in [1.165, 1.54) is 49.9 Å². The van der Waals surface area contributed by atoms with Crippen molar-refractivity contribution in [2.45, 2.75) is 57.2 Å². The summed E-state index contributed by atoms with van der Waals surface area (Å²) in [6.45, 7) is 2.21. The predicted octanol–water partition coefficient (Wildman–Crippen LogP) is 1.71. The van der Waals surface area contributed by atoms with E-state index in [0.29, 0.717) is 6.04 Å². The molecule has 0 radical (unpaired) electrons. The van der Waals surface area contributed by atoms with Crippen LogP contribution < -0.4 is 5.73 Å². The van der Waals surface area contributed by atoms with Crippen LogP contribution in [-0.2, 0) is 13.0 Å². The summed E-state index contributed by atoms with van der Waals surface area (Å²) in [5, 5.41) is 4.78. The maximum atomic E-state index is 6.25. The van der Waals surface area contributed by atoms with Crippen molar-refractivity contribution in [2.24, 2.45) is 0 Å². The summed E-state index contributed by atoms with van der Waals surface area (Å²) in [6, 6.07) is 1.44. The molecule has 1 aromatic rings. The normalized spacial score (nSPS) is 25.6. The van der Waals surface area contributed by atoms with Crippen LogP contribution in [0.5, 0.6) is 0 Å². The molecule has 4 rings (SSSR count). The van der Waals surface area contributed by atoms with E-state index in [4.69, 9.17) is 10.8 Å². The van der Waals surface area contributed by atoms with Gasteiger partial charge in [-0.2, -0.15) is 5.10 Å². The van der Waals surface area contributed by atoms with Crippen LogP contribution in [0.3, 0.4) is 0 Å². The Labute approximate surface area is 102 Å². The zero-order valence-corrected chi connectivity index (χ0v) is 10.2. The average molecular weight is 232 g/mol. The van der Waals surface area contributed by atoms with Gasteiger partial charge < -0.3 is 5.73 Å². The van der Waals surface area contributed by atoms with Crippen molar-refractivity contribution in [3.63, 3.8) is 0 Å². The van der Waals surface area contributed by atoms with E-state index in [2.05, 4.69) is 9.58 Å². The molecule has 1 aromatic heterocycles. The fraction of sp³-hybridized carbons (Fsp3) is 0.769. The van der Waals surface area contributed by atoms with E-state index in [9.17, 15) is 0 Å². The first kappa shape index (κ1) is 9.95. The van der Waals surface area contributed by atoms with Crippen molar-refractivity contribution in [3.8, 4) is 0 Å². The highest BCUT2D eigenvalue weighted by Gasteiger charge is 2.34. The summed E-state index contributed by atoms with van der Waals surface area (Å²) in [5.41, 5.74) is 8.85. The van der Waals surface area contributed by atoms with E-state index in [0.717, 1.165) is 24.8 Å². The standard InChI is InChI=1S/C13H20N4/c14-13-11-6-7-16(9-4-5-9)8-12(11)15-17(13)10-2-1-3-10/h9-10H,1-8,14H2. The van der Waals surface area contributed by atoms with Gasteiger partial charge in [-0.3, -0.25) is 4.90 Å². The van der Waals surface area contributed by atoms with Gasteiger partial charge in [-0.15, -0.1) is 0 Å². The van der Waals surface area contributed by atoms with Crippen LogP contribution in [0, 0.1) is 0 Å².